The Hall–Kier alpha value is 0.270. The van der Waals surface area contributed by atoms with Crippen molar-refractivity contribution in [2.75, 3.05) is 11.5 Å². The largest absolute Gasteiger partial charge is 0.393 e. The Balaban J connectivity index is 3.45. The van der Waals surface area contributed by atoms with Gasteiger partial charge < -0.3 is 10.2 Å². The molecular weight excluding hydrogens is 184 g/mol. The predicted molar refractivity (Wildman–Crippen MR) is 59.0 cm³/mol. The van der Waals surface area contributed by atoms with E-state index in [0.717, 1.165) is 11.5 Å². The minimum Gasteiger partial charge on any atom is -0.393 e. The summed E-state index contributed by atoms with van der Waals surface area (Å²) in [4.78, 5) is 0. The molecular formula is C10H22O2S. The lowest BCUT2D eigenvalue weighted by atomic mass is 10.1. The third kappa shape index (κ3) is 6.36. The minimum atomic E-state index is -0.227. The van der Waals surface area contributed by atoms with Gasteiger partial charge in [0.25, 0.3) is 0 Å². The molecule has 4 unspecified atom stereocenters. The smallest absolute Gasteiger partial charge is 0.0545 e. The van der Waals surface area contributed by atoms with Crippen LogP contribution >= 0.6 is 11.8 Å². The van der Waals surface area contributed by atoms with E-state index in [9.17, 15) is 10.2 Å². The van der Waals surface area contributed by atoms with Crippen molar-refractivity contribution >= 4 is 11.8 Å². The molecule has 4 atom stereocenters. The van der Waals surface area contributed by atoms with Gasteiger partial charge in [-0.05, 0) is 37.2 Å². The van der Waals surface area contributed by atoms with Crippen LogP contribution in [0.2, 0.25) is 0 Å². The van der Waals surface area contributed by atoms with E-state index in [4.69, 9.17) is 0 Å². The molecule has 0 aliphatic rings. The molecule has 0 bridgehead atoms. The van der Waals surface area contributed by atoms with Gasteiger partial charge in [-0.25, -0.2) is 0 Å². The number of aliphatic hydroxyl groups excluding tert-OH is 2. The second-order valence-electron chi connectivity index (χ2n) is 3.97. The summed E-state index contributed by atoms with van der Waals surface area (Å²) in [5, 5.41) is 18.5. The van der Waals surface area contributed by atoms with E-state index in [0.29, 0.717) is 11.8 Å². The molecule has 0 saturated heterocycles. The van der Waals surface area contributed by atoms with Crippen molar-refractivity contribution in [3.05, 3.63) is 0 Å². The summed E-state index contributed by atoms with van der Waals surface area (Å²) >= 11 is 1.81. The van der Waals surface area contributed by atoms with Crippen molar-refractivity contribution in [2.24, 2.45) is 11.8 Å². The van der Waals surface area contributed by atoms with Gasteiger partial charge in [-0.1, -0.05) is 13.8 Å². The van der Waals surface area contributed by atoms with E-state index in [2.05, 4.69) is 0 Å². The summed E-state index contributed by atoms with van der Waals surface area (Å²) in [6.07, 6.45) is -0.455. The molecule has 0 amide bonds. The van der Waals surface area contributed by atoms with Crippen LogP contribution in [0.1, 0.15) is 27.7 Å². The van der Waals surface area contributed by atoms with Gasteiger partial charge in [-0.3, -0.25) is 0 Å². The number of aliphatic hydroxyl groups is 2. The fraction of sp³-hybridized carbons (Fsp3) is 1.00. The maximum Gasteiger partial charge on any atom is 0.0545 e. The fourth-order valence-corrected chi connectivity index (χ4v) is 2.16. The Kier molecular flexibility index (Phi) is 6.82. The zero-order chi connectivity index (χ0) is 10.4. The van der Waals surface area contributed by atoms with Crippen LogP contribution in [0.3, 0.4) is 0 Å². The van der Waals surface area contributed by atoms with Crippen molar-refractivity contribution in [3.63, 3.8) is 0 Å². The first-order valence-electron chi connectivity index (χ1n) is 4.89. The fourth-order valence-electron chi connectivity index (χ4n) is 0.718. The molecule has 80 valence electrons. The molecule has 0 radical (unpaired) electrons. The molecule has 0 spiro atoms. The highest BCUT2D eigenvalue weighted by atomic mass is 32.2. The van der Waals surface area contributed by atoms with E-state index in [1.54, 1.807) is 11.8 Å². The Labute approximate surface area is 85.7 Å². The van der Waals surface area contributed by atoms with Gasteiger partial charge in [0.15, 0.2) is 0 Å². The van der Waals surface area contributed by atoms with Crippen molar-refractivity contribution in [1.82, 2.24) is 0 Å². The van der Waals surface area contributed by atoms with Crippen LogP contribution < -0.4 is 0 Å². The van der Waals surface area contributed by atoms with E-state index in [1.165, 1.54) is 0 Å². The van der Waals surface area contributed by atoms with Gasteiger partial charge in [-0.2, -0.15) is 11.8 Å². The van der Waals surface area contributed by atoms with Crippen LogP contribution in [-0.2, 0) is 0 Å². The highest BCUT2D eigenvalue weighted by Crippen LogP contribution is 2.16. The lowest BCUT2D eigenvalue weighted by molar-refractivity contribution is 0.144. The molecule has 0 rings (SSSR count). The lowest BCUT2D eigenvalue weighted by Crippen LogP contribution is -2.19. The average molecular weight is 206 g/mol. The topological polar surface area (TPSA) is 40.5 Å². The van der Waals surface area contributed by atoms with Crippen molar-refractivity contribution in [2.45, 2.75) is 39.9 Å². The van der Waals surface area contributed by atoms with Crippen LogP contribution in [0.15, 0.2) is 0 Å². The van der Waals surface area contributed by atoms with Crippen LogP contribution in [0.25, 0.3) is 0 Å². The molecule has 2 nitrogen and oxygen atoms in total. The third-order valence-corrected chi connectivity index (χ3v) is 3.93. The number of rotatable bonds is 6. The van der Waals surface area contributed by atoms with Gasteiger partial charge in [0, 0.05) is 0 Å². The number of thioether (sulfide) groups is 1. The normalized spacial score (nSPS) is 20.8. The zero-order valence-corrected chi connectivity index (χ0v) is 9.84. The molecule has 0 aromatic heterocycles. The van der Waals surface area contributed by atoms with Gasteiger partial charge in [-0.15, -0.1) is 0 Å². The molecule has 0 aliphatic carbocycles. The summed E-state index contributed by atoms with van der Waals surface area (Å²) in [5.74, 6) is 2.61. The first kappa shape index (κ1) is 13.3. The van der Waals surface area contributed by atoms with E-state index in [1.807, 2.05) is 27.7 Å². The maximum atomic E-state index is 9.23. The molecule has 0 aromatic carbocycles. The predicted octanol–water partition coefficient (Wildman–Crippen LogP) is 1.75. The zero-order valence-electron chi connectivity index (χ0n) is 9.03. The lowest BCUT2D eigenvalue weighted by Gasteiger charge is -2.17. The molecule has 13 heavy (non-hydrogen) atoms. The second kappa shape index (κ2) is 6.68. The summed E-state index contributed by atoms with van der Waals surface area (Å²) in [7, 11) is 0. The molecule has 0 aliphatic heterocycles. The molecule has 0 heterocycles. The van der Waals surface area contributed by atoms with Crippen LogP contribution in [0.4, 0.5) is 0 Å². The Morgan fingerprint density at radius 2 is 1.15 bits per heavy atom. The first-order valence-corrected chi connectivity index (χ1v) is 6.04. The first-order chi connectivity index (χ1) is 5.95. The molecule has 0 saturated carbocycles. The van der Waals surface area contributed by atoms with Crippen LogP contribution in [0, 0.1) is 11.8 Å². The monoisotopic (exact) mass is 206 g/mol. The SMILES string of the molecule is CC(O)C(C)CSCC(C)C(C)O. The minimum absolute atomic E-state index is 0.227. The van der Waals surface area contributed by atoms with Gasteiger partial charge in [0.05, 0.1) is 12.2 Å². The standard InChI is InChI=1S/C10H22O2S/c1-7(9(3)11)5-13-6-8(2)10(4)12/h7-12H,5-6H2,1-4H3. The average Bonchev–Trinajstić information content (AvgIpc) is 2.03. The molecule has 0 fully saturated rings. The molecule has 0 aromatic rings. The van der Waals surface area contributed by atoms with Crippen molar-refractivity contribution < 1.29 is 10.2 Å². The molecule has 2 N–H and O–H groups in total. The summed E-state index contributed by atoms with van der Waals surface area (Å²) in [6.45, 7) is 7.74. The Bertz CT molecular complexity index is 112. The summed E-state index contributed by atoms with van der Waals surface area (Å²) < 4.78 is 0. The number of hydrogen-bond acceptors (Lipinski definition) is 3. The third-order valence-electron chi connectivity index (χ3n) is 2.41. The second-order valence-corrected chi connectivity index (χ2v) is 5.05. The van der Waals surface area contributed by atoms with E-state index in [-0.39, 0.29) is 12.2 Å². The van der Waals surface area contributed by atoms with E-state index >= 15 is 0 Å². The highest BCUT2D eigenvalue weighted by molar-refractivity contribution is 7.99. The molecule has 3 heteroatoms. The van der Waals surface area contributed by atoms with E-state index < -0.39 is 0 Å². The Morgan fingerprint density at radius 3 is 1.38 bits per heavy atom. The van der Waals surface area contributed by atoms with Crippen molar-refractivity contribution in [3.8, 4) is 0 Å². The Morgan fingerprint density at radius 1 is 0.846 bits per heavy atom. The quantitative estimate of drug-likeness (QED) is 0.695. The van der Waals surface area contributed by atoms with Crippen molar-refractivity contribution in [1.29, 1.82) is 0 Å². The highest BCUT2D eigenvalue weighted by Gasteiger charge is 2.12. The number of hydrogen-bond donors (Lipinski definition) is 2. The van der Waals surface area contributed by atoms with Crippen LogP contribution in [0.5, 0.6) is 0 Å². The summed E-state index contributed by atoms with van der Waals surface area (Å²) in [5.41, 5.74) is 0. The van der Waals surface area contributed by atoms with Gasteiger partial charge in [0.1, 0.15) is 0 Å². The van der Waals surface area contributed by atoms with Gasteiger partial charge in [0.2, 0.25) is 0 Å². The van der Waals surface area contributed by atoms with Gasteiger partial charge >= 0.3 is 0 Å². The van der Waals surface area contributed by atoms with Crippen LogP contribution in [-0.4, -0.2) is 33.9 Å². The summed E-state index contributed by atoms with van der Waals surface area (Å²) in [6, 6.07) is 0. The maximum absolute atomic E-state index is 9.23.